The Bertz CT molecular complexity index is 622. The molecule has 0 N–H and O–H groups in total. The van der Waals surface area contributed by atoms with Crippen molar-refractivity contribution in [2.45, 2.75) is 18.6 Å². The Hall–Kier alpha value is -0.580. The van der Waals surface area contributed by atoms with E-state index in [2.05, 4.69) is 4.98 Å². The summed E-state index contributed by atoms with van der Waals surface area (Å²) in [7, 11) is -0.829. The van der Waals surface area contributed by atoms with Crippen molar-refractivity contribution in [1.29, 1.82) is 0 Å². The van der Waals surface area contributed by atoms with Crippen LogP contribution in [0.3, 0.4) is 0 Å². The Labute approximate surface area is 118 Å². The molecule has 1 fully saturated rings. The number of fused-ring (bicyclic) bond motifs is 1. The first-order valence-corrected chi connectivity index (χ1v) is 8.04. The average molecular weight is 303 g/mol. The van der Waals surface area contributed by atoms with Gasteiger partial charge in [0.15, 0.2) is 5.65 Å². The number of nitrogens with zero attached hydrogens (tertiary/aromatic N) is 2. The molecule has 6 heteroatoms. The fourth-order valence-electron chi connectivity index (χ4n) is 1.92. The summed E-state index contributed by atoms with van der Waals surface area (Å²) in [4.78, 5) is 4.40. The third kappa shape index (κ3) is 2.71. The molecule has 0 amide bonds. The van der Waals surface area contributed by atoms with E-state index in [9.17, 15) is 4.21 Å². The maximum Gasteiger partial charge on any atom is 0.155 e. The van der Waals surface area contributed by atoms with Crippen LogP contribution in [0.25, 0.3) is 5.65 Å². The largest absolute Gasteiger partial charge is 0.304 e. The van der Waals surface area contributed by atoms with Crippen molar-refractivity contribution >= 4 is 39.6 Å². The monoisotopic (exact) mass is 302 g/mol. The van der Waals surface area contributed by atoms with E-state index < -0.39 is 10.8 Å². The van der Waals surface area contributed by atoms with Crippen molar-refractivity contribution in [2.24, 2.45) is 5.92 Å². The molecule has 2 aromatic rings. The molecule has 0 saturated heterocycles. The van der Waals surface area contributed by atoms with Crippen LogP contribution in [0, 0.1) is 5.92 Å². The summed E-state index contributed by atoms with van der Waals surface area (Å²) in [5.74, 6) is 1.95. The molecule has 1 aliphatic rings. The zero-order chi connectivity index (χ0) is 12.7. The van der Waals surface area contributed by atoms with Gasteiger partial charge < -0.3 is 4.40 Å². The van der Waals surface area contributed by atoms with Gasteiger partial charge in [0.1, 0.15) is 0 Å². The summed E-state index contributed by atoms with van der Waals surface area (Å²) in [6.07, 6.45) is 6.04. The van der Waals surface area contributed by atoms with Crippen LogP contribution in [0.1, 0.15) is 18.5 Å². The molecule has 96 valence electrons. The van der Waals surface area contributed by atoms with E-state index >= 15 is 0 Å². The predicted octanol–water partition coefficient (Wildman–Crippen LogP) is 3.30. The van der Waals surface area contributed by atoms with E-state index in [1.54, 1.807) is 16.7 Å². The second-order valence-electron chi connectivity index (χ2n) is 4.66. The van der Waals surface area contributed by atoms with E-state index in [0.29, 0.717) is 27.4 Å². The standard InChI is InChI=1S/C12H12Cl2N2OS/c13-9-3-11(14)12-15-10(5-16(12)4-9)7-18(17)6-8-1-2-8/h3-5,8H,1-2,6-7H2/t18-/m1/s1. The molecule has 0 spiro atoms. The molecule has 0 bridgehead atoms. The quantitative estimate of drug-likeness (QED) is 0.868. The summed E-state index contributed by atoms with van der Waals surface area (Å²) in [5, 5.41) is 1.08. The average Bonchev–Trinajstić information content (AvgIpc) is 2.98. The smallest absolute Gasteiger partial charge is 0.155 e. The minimum Gasteiger partial charge on any atom is -0.304 e. The van der Waals surface area contributed by atoms with Crippen LogP contribution in [-0.2, 0) is 16.6 Å². The van der Waals surface area contributed by atoms with Crippen molar-refractivity contribution < 1.29 is 4.21 Å². The van der Waals surface area contributed by atoms with Crippen LogP contribution >= 0.6 is 23.2 Å². The lowest BCUT2D eigenvalue weighted by Gasteiger charge is -1.96. The summed E-state index contributed by atoms with van der Waals surface area (Å²) in [6, 6.07) is 1.66. The van der Waals surface area contributed by atoms with Gasteiger partial charge in [0.25, 0.3) is 0 Å². The van der Waals surface area contributed by atoms with E-state index in [1.807, 2.05) is 6.20 Å². The van der Waals surface area contributed by atoms with Gasteiger partial charge in [-0.2, -0.15) is 0 Å². The second kappa shape index (κ2) is 4.83. The number of hydrogen-bond acceptors (Lipinski definition) is 2. The van der Waals surface area contributed by atoms with E-state index in [4.69, 9.17) is 23.2 Å². The van der Waals surface area contributed by atoms with Gasteiger partial charge in [0.2, 0.25) is 0 Å². The van der Waals surface area contributed by atoms with Crippen LogP contribution in [0.15, 0.2) is 18.5 Å². The van der Waals surface area contributed by atoms with Crippen molar-refractivity contribution in [3.05, 3.63) is 34.2 Å². The van der Waals surface area contributed by atoms with Crippen LogP contribution < -0.4 is 0 Å². The lowest BCUT2D eigenvalue weighted by atomic mass is 10.5. The highest BCUT2D eigenvalue weighted by atomic mass is 35.5. The van der Waals surface area contributed by atoms with Crippen LogP contribution in [-0.4, -0.2) is 19.3 Å². The maximum absolute atomic E-state index is 11.9. The molecular formula is C12H12Cl2N2OS. The molecule has 1 aliphatic carbocycles. The molecule has 1 saturated carbocycles. The summed E-state index contributed by atoms with van der Waals surface area (Å²) >= 11 is 12.0. The van der Waals surface area contributed by atoms with Crippen LogP contribution in [0.2, 0.25) is 10.0 Å². The summed E-state index contributed by atoms with van der Waals surface area (Å²) < 4.78 is 13.7. The zero-order valence-electron chi connectivity index (χ0n) is 9.60. The topological polar surface area (TPSA) is 34.4 Å². The minimum absolute atomic E-state index is 0.492. The Morgan fingerprint density at radius 3 is 2.89 bits per heavy atom. The molecule has 0 unspecified atom stereocenters. The van der Waals surface area contributed by atoms with E-state index in [-0.39, 0.29) is 0 Å². The Balaban J connectivity index is 1.83. The highest BCUT2D eigenvalue weighted by Gasteiger charge is 2.24. The number of rotatable bonds is 4. The number of hydrogen-bond donors (Lipinski definition) is 0. The predicted molar refractivity (Wildman–Crippen MR) is 74.6 cm³/mol. The third-order valence-electron chi connectivity index (χ3n) is 2.95. The molecule has 0 aliphatic heterocycles. The number of imidazole rings is 1. The van der Waals surface area contributed by atoms with Gasteiger partial charge in [-0.3, -0.25) is 4.21 Å². The van der Waals surface area contributed by atoms with E-state index in [1.165, 1.54) is 12.8 Å². The second-order valence-corrected chi connectivity index (χ2v) is 7.01. The first kappa shape index (κ1) is 12.5. The molecule has 1 atom stereocenters. The van der Waals surface area contributed by atoms with Gasteiger partial charge in [0.05, 0.1) is 21.5 Å². The molecule has 3 rings (SSSR count). The lowest BCUT2D eigenvalue weighted by molar-refractivity contribution is 0.679. The lowest BCUT2D eigenvalue weighted by Crippen LogP contribution is -2.02. The highest BCUT2D eigenvalue weighted by Crippen LogP contribution is 2.30. The Morgan fingerprint density at radius 2 is 2.17 bits per heavy atom. The first-order valence-electron chi connectivity index (χ1n) is 5.79. The number of halogens is 2. The number of pyridine rings is 1. The number of aromatic nitrogens is 2. The minimum atomic E-state index is -0.829. The molecule has 3 nitrogen and oxygen atoms in total. The Morgan fingerprint density at radius 1 is 1.39 bits per heavy atom. The SMILES string of the molecule is O=[S@@](Cc1cn2cc(Cl)cc(Cl)c2n1)CC1CC1. The van der Waals surface area contributed by atoms with Gasteiger partial charge in [-0.1, -0.05) is 23.2 Å². The first-order chi connectivity index (χ1) is 8.61. The van der Waals surface area contributed by atoms with Gasteiger partial charge in [-0.05, 0) is 24.8 Å². The fraction of sp³-hybridized carbons (Fsp3) is 0.417. The molecule has 2 heterocycles. The molecular weight excluding hydrogens is 291 g/mol. The third-order valence-corrected chi connectivity index (χ3v) is 4.90. The molecule has 18 heavy (non-hydrogen) atoms. The fourth-order valence-corrected chi connectivity index (χ4v) is 3.89. The van der Waals surface area contributed by atoms with Crippen molar-refractivity contribution in [3.63, 3.8) is 0 Å². The molecule has 2 aromatic heterocycles. The molecule has 0 radical (unpaired) electrons. The van der Waals surface area contributed by atoms with Gasteiger partial charge in [-0.25, -0.2) is 4.98 Å². The van der Waals surface area contributed by atoms with E-state index in [0.717, 1.165) is 11.4 Å². The maximum atomic E-state index is 11.9. The zero-order valence-corrected chi connectivity index (χ0v) is 11.9. The molecule has 0 aromatic carbocycles. The van der Waals surface area contributed by atoms with Crippen molar-refractivity contribution in [1.82, 2.24) is 9.38 Å². The normalized spacial score (nSPS) is 17.2. The summed E-state index contributed by atoms with van der Waals surface area (Å²) in [6.45, 7) is 0. The van der Waals surface area contributed by atoms with Crippen LogP contribution in [0.5, 0.6) is 0 Å². The van der Waals surface area contributed by atoms with Crippen molar-refractivity contribution in [2.75, 3.05) is 5.75 Å². The van der Waals surface area contributed by atoms with Gasteiger partial charge in [-0.15, -0.1) is 0 Å². The van der Waals surface area contributed by atoms with Crippen molar-refractivity contribution in [3.8, 4) is 0 Å². The van der Waals surface area contributed by atoms with Gasteiger partial charge >= 0.3 is 0 Å². The Kier molecular flexibility index (Phi) is 3.34. The summed E-state index contributed by atoms with van der Waals surface area (Å²) in [5.41, 5.74) is 1.47. The van der Waals surface area contributed by atoms with Crippen LogP contribution in [0.4, 0.5) is 0 Å². The highest BCUT2D eigenvalue weighted by molar-refractivity contribution is 7.84. The van der Waals surface area contributed by atoms with Gasteiger partial charge in [0, 0.05) is 28.9 Å².